The van der Waals surface area contributed by atoms with Crippen molar-refractivity contribution in [1.82, 2.24) is 9.38 Å². The van der Waals surface area contributed by atoms with Gasteiger partial charge in [0, 0.05) is 23.2 Å². The van der Waals surface area contributed by atoms with Crippen molar-refractivity contribution in [3.63, 3.8) is 0 Å². The van der Waals surface area contributed by atoms with Gasteiger partial charge in [-0.15, -0.1) is 11.3 Å². The molecule has 0 unspecified atom stereocenters. The molecule has 0 radical (unpaired) electrons. The monoisotopic (exact) mass is 336 g/mol. The SMILES string of the molecule is C[C@@H]([NH2+]Cc1cc(=O)n2ccsc2n1)c1cccc2ccccc12. The molecule has 0 spiro atoms. The zero-order chi connectivity index (χ0) is 16.5. The van der Waals surface area contributed by atoms with Crippen molar-refractivity contribution in [3.8, 4) is 0 Å². The Kier molecular flexibility index (Phi) is 3.88. The van der Waals surface area contributed by atoms with Gasteiger partial charge in [-0.25, -0.2) is 4.98 Å². The Hall–Kier alpha value is -2.50. The average Bonchev–Trinajstić information content (AvgIpc) is 3.08. The van der Waals surface area contributed by atoms with Gasteiger partial charge < -0.3 is 5.32 Å². The molecular weight excluding hydrogens is 318 g/mol. The molecule has 24 heavy (non-hydrogen) atoms. The minimum atomic E-state index is -0.0116. The number of nitrogens with zero attached hydrogens (tertiary/aromatic N) is 2. The molecule has 120 valence electrons. The predicted molar refractivity (Wildman–Crippen MR) is 97.3 cm³/mol. The van der Waals surface area contributed by atoms with E-state index in [1.165, 1.54) is 27.7 Å². The minimum absolute atomic E-state index is 0.0116. The largest absolute Gasteiger partial charge is 0.335 e. The Morgan fingerprint density at radius 3 is 2.96 bits per heavy atom. The van der Waals surface area contributed by atoms with Gasteiger partial charge in [0.05, 0.1) is 0 Å². The van der Waals surface area contributed by atoms with E-state index in [0.717, 1.165) is 10.7 Å². The van der Waals surface area contributed by atoms with Crippen molar-refractivity contribution in [2.75, 3.05) is 0 Å². The van der Waals surface area contributed by atoms with Crippen molar-refractivity contribution < 1.29 is 5.32 Å². The summed E-state index contributed by atoms with van der Waals surface area (Å²) in [7, 11) is 0. The van der Waals surface area contributed by atoms with Crippen LogP contribution in [0.25, 0.3) is 15.7 Å². The summed E-state index contributed by atoms with van der Waals surface area (Å²) in [6.45, 7) is 2.88. The lowest BCUT2D eigenvalue weighted by molar-refractivity contribution is -0.708. The molecule has 0 aliphatic carbocycles. The lowest BCUT2D eigenvalue weighted by Gasteiger charge is -2.13. The van der Waals surface area contributed by atoms with E-state index in [9.17, 15) is 4.79 Å². The summed E-state index contributed by atoms with van der Waals surface area (Å²) >= 11 is 1.49. The van der Waals surface area contributed by atoms with Crippen LogP contribution in [-0.4, -0.2) is 9.38 Å². The molecule has 4 rings (SSSR count). The number of aromatic nitrogens is 2. The Morgan fingerprint density at radius 2 is 2.04 bits per heavy atom. The molecule has 4 nitrogen and oxygen atoms in total. The molecule has 4 aromatic rings. The van der Waals surface area contributed by atoms with E-state index in [4.69, 9.17) is 0 Å². The molecular formula is C19H18N3OS+. The molecule has 0 aliphatic rings. The highest BCUT2D eigenvalue weighted by Crippen LogP contribution is 2.22. The van der Waals surface area contributed by atoms with E-state index in [1.54, 1.807) is 16.7 Å². The zero-order valence-corrected chi connectivity index (χ0v) is 14.2. The molecule has 0 aliphatic heterocycles. The predicted octanol–water partition coefficient (Wildman–Crippen LogP) is 2.73. The Balaban J connectivity index is 1.59. The number of benzene rings is 2. The van der Waals surface area contributed by atoms with E-state index < -0.39 is 0 Å². The average molecular weight is 336 g/mol. The molecule has 0 fully saturated rings. The normalized spacial score (nSPS) is 12.7. The lowest BCUT2D eigenvalue weighted by Crippen LogP contribution is -2.83. The fourth-order valence-corrected chi connectivity index (χ4v) is 3.80. The number of rotatable bonds is 4. The molecule has 2 heterocycles. The number of hydrogen-bond donors (Lipinski definition) is 1. The van der Waals surface area contributed by atoms with Gasteiger partial charge in [0.15, 0.2) is 4.96 Å². The number of quaternary nitrogens is 1. The highest BCUT2D eigenvalue weighted by molar-refractivity contribution is 7.15. The standard InChI is InChI=1S/C19H17N3OS/c1-13(16-8-4-6-14-5-2-3-7-17(14)16)20-12-15-11-18(23)22-9-10-24-19(22)21-15/h2-11,13,20H,12H2,1H3/p+1/t13-/m1/s1. The lowest BCUT2D eigenvalue weighted by atomic mass is 10.00. The van der Waals surface area contributed by atoms with Crippen molar-refractivity contribution in [1.29, 1.82) is 0 Å². The molecule has 0 bridgehead atoms. The summed E-state index contributed by atoms with van der Waals surface area (Å²) in [6.07, 6.45) is 1.77. The summed E-state index contributed by atoms with van der Waals surface area (Å²) < 4.78 is 1.59. The molecule has 1 atom stereocenters. The van der Waals surface area contributed by atoms with Gasteiger partial charge in [0.25, 0.3) is 5.56 Å². The van der Waals surface area contributed by atoms with Gasteiger partial charge in [-0.05, 0) is 17.7 Å². The number of thiazole rings is 1. The van der Waals surface area contributed by atoms with E-state index in [2.05, 4.69) is 59.7 Å². The van der Waals surface area contributed by atoms with Crippen molar-refractivity contribution in [3.05, 3.63) is 81.7 Å². The Labute approximate surface area is 143 Å². The highest BCUT2D eigenvalue weighted by Gasteiger charge is 2.13. The van der Waals surface area contributed by atoms with E-state index in [0.29, 0.717) is 12.6 Å². The molecule has 2 aromatic heterocycles. The Bertz CT molecular complexity index is 1060. The van der Waals surface area contributed by atoms with E-state index in [-0.39, 0.29) is 5.56 Å². The fraction of sp³-hybridized carbons (Fsp3) is 0.158. The van der Waals surface area contributed by atoms with Gasteiger partial charge in [-0.1, -0.05) is 42.5 Å². The van der Waals surface area contributed by atoms with Crippen molar-refractivity contribution in [2.45, 2.75) is 19.5 Å². The fourth-order valence-electron chi connectivity index (χ4n) is 3.06. The smallest absolute Gasteiger partial charge is 0.258 e. The maximum absolute atomic E-state index is 12.1. The second kappa shape index (κ2) is 6.19. The van der Waals surface area contributed by atoms with Crippen LogP contribution in [0.1, 0.15) is 24.2 Å². The van der Waals surface area contributed by atoms with Crippen LogP contribution in [0.3, 0.4) is 0 Å². The number of nitrogens with two attached hydrogens (primary N) is 1. The molecule has 2 aromatic carbocycles. The second-order valence-corrected chi connectivity index (χ2v) is 6.81. The minimum Gasteiger partial charge on any atom is -0.335 e. The number of hydrogen-bond acceptors (Lipinski definition) is 3. The van der Waals surface area contributed by atoms with Crippen LogP contribution < -0.4 is 10.9 Å². The van der Waals surface area contributed by atoms with Crippen LogP contribution in [0.4, 0.5) is 0 Å². The van der Waals surface area contributed by atoms with Crippen LogP contribution >= 0.6 is 11.3 Å². The summed E-state index contributed by atoms with van der Waals surface area (Å²) in [5, 5.41) is 6.65. The zero-order valence-electron chi connectivity index (χ0n) is 13.3. The summed E-state index contributed by atoms with van der Waals surface area (Å²) in [5.74, 6) is 0. The topological polar surface area (TPSA) is 51.0 Å². The van der Waals surface area contributed by atoms with E-state index >= 15 is 0 Å². The summed E-state index contributed by atoms with van der Waals surface area (Å²) in [5.41, 5.74) is 2.12. The quantitative estimate of drug-likeness (QED) is 0.623. The van der Waals surface area contributed by atoms with Crippen LogP contribution in [0.5, 0.6) is 0 Å². The first-order valence-corrected chi connectivity index (χ1v) is 8.87. The van der Waals surface area contributed by atoms with Crippen LogP contribution in [-0.2, 0) is 6.54 Å². The first-order chi connectivity index (χ1) is 11.7. The van der Waals surface area contributed by atoms with Crippen LogP contribution in [0.2, 0.25) is 0 Å². The summed E-state index contributed by atoms with van der Waals surface area (Å²) in [4.78, 5) is 17.4. The van der Waals surface area contributed by atoms with Gasteiger partial charge in [0.1, 0.15) is 18.3 Å². The maximum atomic E-state index is 12.1. The van der Waals surface area contributed by atoms with Crippen LogP contribution in [0, 0.1) is 0 Å². The van der Waals surface area contributed by atoms with Gasteiger partial charge >= 0.3 is 0 Å². The van der Waals surface area contributed by atoms with Crippen molar-refractivity contribution in [2.24, 2.45) is 0 Å². The molecule has 5 heteroatoms. The molecule has 0 amide bonds. The third-order valence-corrected chi connectivity index (χ3v) is 5.11. The summed E-state index contributed by atoms with van der Waals surface area (Å²) in [6, 6.07) is 16.8. The molecule has 0 saturated carbocycles. The number of fused-ring (bicyclic) bond motifs is 2. The Morgan fingerprint density at radius 1 is 1.21 bits per heavy atom. The first kappa shape index (κ1) is 15.1. The van der Waals surface area contributed by atoms with E-state index in [1.807, 2.05) is 5.38 Å². The van der Waals surface area contributed by atoms with Gasteiger partial charge in [0.2, 0.25) is 0 Å². The van der Waals surface area contributed by atoms with Crippen LogP contribution in [0.15, 0.2) is 64.9 Å². The second-order valence-electron chi connectivity index (χ2n) is 5.94. The molecule has 2 N–H and O–H groups in total. The van der Waals surface area contributed by atoms with Gasteiger partial charge in [-0.3, -0.25) is 9.20 Å². The third kappa shape index (κ3) is 2.72. The highest BCUT2D eigenvalue weighted by atomic mass is 32.1. The molecule has 0 saturated heterocycles. The first-order valence-electron chi connectivity index (χ1n) is 7.99. The van der Waals surface area contributed by atoms with Gasteiger partial charge in [-0.2, -0.15) is 0 Å². The maximum Gasteiger partial charge on any atom is 0.258 e. The van der Waals surface area contributed by atoms with Crippen molar-refractivity contribution >= 4 is 27.1 Å². The third-order valence-electron chi connectivity index (χ3n) is 4.35.